The lowest BCUT2D eigenvalue weighted by Crippen LogP contribution is -2.29. The number of methoxy groups -OCH3 is 1. The number of carbonyl (C=O) groups excluding carboxylic acids is 2. The Labute approximate surface area is 167 Å². The van der Waals surface area contributed by atoms with Crippen molar-refractivity contribution in [3.8, 4) is 11.5 Å². The Morgan fingerprint density at radius 3 is 2.68 bits per heavy atom. The van der Waals surface area contributed by atoms with Crippen LogP contribution in [0, 0.1) is 10.1 Å². The van der Waals surface area contributed by atoms with Crippen LogP contribution in [0.1, 0.15) is 25.3 Å². The van der Waals surface area contributed by atoms with Crippen LogP contribution < -0.4 is 20.5 Å². The molecule has 0 aliphatic carbocycles. The van der Waals surface area contributed by atoms with E-state index in [0.29, 0.717) is 30.8 Å². The summed E-state index contributed by atoms with van der Waals surface area (Å²) in [5.41, 5.74) is 5.43. The number of hydrogen-bond donors (Lipinski definition) is 2. The fourth-order valence-corrected chi connectivity index (χ4v) is 2.87. The first-order valence-corrected chi connectivity index (χ1v) is 9.65. The van der Waals surface area contributed by atoms with Crippen LogP contribution in [0.15, 0.2) is 12.1 Å². The van der Waals surface area contributed by atoms with Gasteiger partial charge in [-0.15, -0.1) is 0 Å². The Bertz CT molecular complexity index is 685. The summed E-state index contributed by atoms with van der Waals surface area (Å²) in [7, 11) is 1.41. The highest BCUT2D eigenvalue weighted by molar-refractivity contribution is 8.12. The van der Waals surface area contributed by atoms with Gasteiger partial charge < -0.3 is 25.3 Å². The van der Waals surface area contributed by atoms with Gasteiger partial charge >= 0.3 is 5.30 Å². The van der Waals surface area contributed by atoms with E-state index in [9.17, 15) is 19.7 Å². The van der Waals surface area contributed by atoms with Crippen molar-refractivity contribution in [3.05, 3.63) is 27.8 Å². The highest BCUT2D eigenvalue weighted by Crippen LogP contribution is 2.36. The molecule has 0 heterocycles. The highest BCUT2D eigenvalue weighted by atomic mass is 32.2. The maximum absolute atomic E-state index is 11.5. The number of nitrogens with one attached hydrogen (secondary N) is 1. The number of benzene rings is 1. The number of nitro groups is 1. The minimum Gasteiger partial charge on any atom is -0.493 e. The molecule has 0 saturated heterocycles. The summed E-state index contributed by atoms with van der Waals surface area (Å²) in [6.45, 7) is 2.86. The van der Waals surface area contributed by atoms with E-state index in [1.54, 1.807) is 6.92 Å². The van der Waals surface area contributed by atoms with Crippen molar-refractivity contribution < 1.29 is 28.7 Å². The van der Waals surface area contributed by atoms with Crippen LogP contribution in [-0.2, 0) is 15.3 Å². The lowest BCUT2D eigenvalue weighted by Gasteiger charge is -2.13. The number of hydrogen-bond acceptors (Lipinski definition) is 9. The van der Waals surface area contributed by atoms with Gasteiger partial charge in [0.05, 0.1) is 31.3 Å². The van der Waals surface area contributed by atoms with Crippen LogP contribution in [-0.4, -0.2) is 49.5 Å². The number of carbonyl (C=O) groups is 2. The number of nitro benzene ring substituents is 1. The first-order chi connectivity index (χ1) is 13.4. The summed E-state index contributed by atoms with van der Waals surface area (Å²) < 4.78 is 15.6. The van der Waals surface area contributed by atoms with Gasteiger partial charge in [0.25, 0.3) is 5.69 Å². The lowest BCUT2D eigenvalue weighted by molar-refractivity contribution is -0.385. The van der Waals surface area contributed by atoms with Crippen LogP contribution in [0.2, 0.25) is 0 Å². The average molecular weight is 415 g/mol. The van der Waals surface area contributed by atoms with E-state index in [-0.39, 0.29) is 42.7 Å². The lowest BCUT2D eigenvalue weighted by atomic mass is 10.2. The van der Waals surface area contributed by atoms with Crippen LogP contribution >= 0.6 is 11.8 Å². The highest BCUT2D eigenvalue weighted by Gasteiger charge is 2.21. The van der Waals surface area contributed by atoms with E-state index in [0.717, 1.165) is 11.8 Å². The van der Waals surface area contributed by atoms with E-state index >= 15 is 0 Å². The molecular formula is C17H25N3O7S. The number of ether oxygens (including phenoxy) is 3. The van der Waals surface area contributed by atoms with Crippen molar-refractivity contribution in [1.29, 1.82) is 0 Å². The van der Waals surface area contributed by atoms with Crippen molar-refractivity contribution in [1.82, 2.24) is 5.32 Å². The number of thioether (sulfide) groups is 1. The van der Waals surface area contributed by atoms with Gasteiger partial charge in [0.2, 0.25) is 5.91 Å². The van der Waals surface area contributed by atoms with Crippen molar-refractivity contribution in [2.45, 2.75) is 25.5 Å². The molecule has 156 valence electrons. The van der Waals surface area contributed by atoms with Gasteiger partial charge in [0.1, 0.15) is 0 Å². The number of nitrogens with two attached hydrogens (primary N) is 1. The van der Waals surface area contributed by atoms with Crippen molar-refractivity contribution in [2.24, 2.45) is 5.73 Å². The topological polar surface area (TPSA) is 143 Å². The molecule has 10 nitrogen and oxygen atoms in total. The average Bonchev–Trinajstić information content (AvgIpc) is 2.67. The van der Waals surface area contributed by atoms with E-state index in [1.165, 1.54) is 19.2 Å². The molecule has 0 radical (unpaired) electrons. The summed E-state index contributed by atoms with van der Waals surface area (Å²) >= 11 is 0.827. The summed E-state index contributed by atoms with van der Waals surface area (Å²) in [4.78, 5) is 33.8. The Morgan fingerprint density at radius 2 is 2.07 bits per heavy atom. The molecule has 0 unspecified atom stereocenters. The van der Waals surface area contributed by atoms with E-state index in [2.05, 4.69) is 5.32 Å². The smallest absolute Gasteiger partial charge is 0.367 e. The monoisotopic (exact) mass is 415 g/mol. The van der Waals surface area contributed by atoms with Gasteiger partial charge in [-0.1, -0.05) is 0 Å². The molecule has 0 saturated carbocycles. The normalized spacial score (nSPS) is 10.2. The number of amides is 1. The molecule has 1 rings (SSSR count). The van der Waals surface area contributed by atoms with E-state index < -0.39 is 10.2 Å². The Hall–Kier alpha value is -2.53. The third kappa shape index (κ3) is 8.01. The minimum absolute atomic E-state index is 0.0626. The summed E-state index contributed by atoms with van der Waals surface area (Å²) in [5.74, 6) is 0.421. The molecule has 0 spiro atoms. The molecule has 0 fully saturated rings. The Balaban J connectivity index is 2.78. The second-order valence-corrected chi connectivity index (χ2v) is 6.36. The third-order valence-electron chi connectivity index (χ3n) is 3.44. The van der Waals surface area contributed by atoms with Gasteiger partial charge in [-0.2, -0.15) is 0 Å². The minimum atomic E-state index is -0.548. The molecule has 0 aromatic heterocycles. The quantitative estimate of drug-likeness (QED) is 0.227. The molecule has 3 N–H and O–H groups in total. The molecule has 0 aliphatic heterocycles. The molecule has 0 atom stereocenters. The van der Waals surface area contributed by atoms with Gasteiger partial charge in [-0.3, -0.25) is 14.9 Å². The molecule has 1 amide bonds. The molecule has 11 heteroatoms. The second kappa shape index (κ2) is 12.8. The van der Waals surface area contributed by atoms with Crippen LogP contribution in [0.4, 0.5) is 10.5 Å². The first-order valence-electron chi connectivity index (χ1n) is 8.67. The molecule has 0 aliphatic rings. The number of nitrogens with zero attached hydrogens (tertiary/aromatic N) is 1. The zero-order valence-corrected chi connectivity index (χ0v) is 16.7. The molecule has 1 aromatic carbocycles. The maximum atomic E-state index is 11.5. The first kappa shape index (κ1) is 23.5. The van der Waals surface area contributed by atoms with E-state index in [4.69, 9.17) is 19.9 Å². The number of rotatable bonds is 12. The Kier molecular flexibility index (Phi) is 10.7. The Morgan fingerprint density at radius 1 is 1.32 bits per heavy atom. The maximum Gasteiger partial charge on any atom is 0.367 e. The van der Waals surface area contributed by atoms with Crippen LogP contribution in [0.3, 0.4) is 0 Å². The van der Waals surface area contributed by atoms with Gasteiger partial charge in [0.15, 0.2) is 11.5 Å². The summed E-state index contributed by atoms with van der Waals surface area (Å²) in [6, 6.07) is 2.72. The standard InChI is InChI=1S/C17H25N3O7S/c1-3-26-17(22)28-11-12-9-14(25-2)15(10-13(12)20(23)24)27-8-4-5-16(21)19-7-6-18/h9-10H,3-8,11,18H2,1-2H3,(H,19,21). The third-order valence-corrected chi connectivity index (χ3v) is 4.25. The zero-order chi connectivity index (χ0) is 20.9. The fourth-order valence-electron chi connectivity index (χ4n) is 2.16. The molecule has 0 bridgehead atoms. The van der Waals surface area contributed by atoms with Crippen LogP contribution in [0.5, 0.6) is 11.5 Å². The molecule has 28 heavy (non-hydrogen) atoms. The SMILES string of the molecule is CCOC(=O)SCc1cc(OC)c(OCCCC(=O)NCCN)cc1[N+](=O)[O-]. The predicted octanol–water partition coefficient (Wildman–Crippen LogP) is 2.23. The zero-order valence-electron chi connectivity index (χ0n) is 15.9. The van der Waals surface area contributed by atoms with E-state index in [1.807, 2.05) is 0 Å². The summed E-state index contributed by atoms with van der Waals surface area (Å²) in [5, 5.41) is 13.5. The molecular weight excluding hydrogens is 390 g/mol. The van der Waals surface area contributed by atoms with Crippen LogP contribution in [0.25, 0.3) is 0 Å². The van der Waals surface area contributed by atoms with Crippen molar-refractivity contribution >= 4 is 28.7 Å². The largest absolute Gasteiger partial charge is 0.493 e. The predicted molar refractivity (Wildman–Crippen MR) is 105 cm³/mol. The molecule has 1 aromatic rings. The fraction of sp³-hybridized carbons (Fsp3) is 0.529. The second-order valence-electron chi connectivity index (χ2n) is 5.45. The van der Waals surface area contributed by atoms with Gasteiger partial charge in [0, 0.05) is 30.8 Å². The van der Waals surface area contributed by atoms with Crippen molar-refractivity contribution in [3.63, 3.8) is 0 Å². The summed E-state index contributed by atoms with van der Waals surface area (Å²) in [6.07, 6.45) is 0.673. The van der Waals surface area contributed by atoms with Gasteiger partial charge in [-0.05, 0) is 31.2 Å². The van der Waals surface area contributed by atoms with Crippen molar-refractivity contribution in [2.75, 3.05) is 33.4 Å². The van der Waals surface area contributed by atoms with Gasteiger partial charge in [-0.25, -0.2) is 4.79 Å².